The lowest BCUT2D eigenvalue weighted by atomic mass is 9.89. The number of carbonyl (C=O) groups is 1. The average Bonchev–Trinajstić information content (AvgIpc) is 2.53. The van der Waals surface area contributed by atoms with Crippen LogP contribution in [0.25, 0.3) is 0 Å². The fraction of sp³-hybridized carbons (Fsp3) is 0.562. The van der Waals surface area contributed by atoms with Crippen molar-refractivity contribution in [2.24, 2.45) is 5.92 Å². The van der Waals surface area contributed by atoms with E-state index in [0.717, 1.165) is 25.7 Å². The minimum absolute atomic E-state index is 0.0995. The molecule has 1 unspecified atom stereocenters. The van der Waals surface area contributed by atoms with Crippen molar-refractivity contribution in [3.8, 4) is 11.5 Å². The smallest absolute Gasteiger partial charge is 0.264 e. The second-order valence-electron chi connectivity index (χ2n) is 5.73. The maximum absolute atomic E-state index is 12.2. The van der Waals surface area contributed by atoms with Gasteiger partial charge < -0.3 is 14.8 Å². The highest BCUT2D eigenvalue weighted by Crippen LogP contribution is 2.31. The van der Waals surface area contributed by atoms with Gasteiger partial charge in [-0.2, -0.15) is 0 Å². The van der Waals surface area contributed by atoms with Gasteiger partial charge in [-0.05, 0) is 43.7 Å². The predicted molar refractivity (Wildman–Crippen MR) is 81.0 cm³/mol. The molecule has 1 heterocycles. The van der Waals surface area contributed by atoms with E-state index in [1.165, 1.54) is 0 Å². The molecule has 0 spiro atoms. The molecule has 0 saturated heterocycles. The molecule has 0 bridgehead atoms. The van der Waals surface area contributed by atoms with Crippen molar-refractivity contribution in [1.29, 1.82) is 0 Å². The lowest BCUT2D eigenvalue weighted by Gasteiger charge is -2.28. The van der Waals surface area contributed by atoms with E-state index >= 15 is 0 Å². The summed E-state index contributed by atoms with van der Waals surface area (Å²) in [5.41, 5.74) is 0. The van der Waals surface area contributed by atoms with Gasteiger partial charge in [-0.15, -0.1) is 11.6 Å². The molecule has 114 valence electrons. The van der Waals surface area contributed by atoms with E-state index in [4.69, 9.17) is 21.1 Å². The topological polar surface area (TPSA) is 47.6 Å². The number of hydrogen-bond acceptors (Lipinski definition) is 3. The summed E-state index contributed by atoms with van der Waals surface area (Å²) in [5, 5.41) is 3.29. The van der Waals surface area contributed by atoms with E-state index in [-0.39, 0.29) is 12.5 Å². The Morgan fingerprint density at radius 1 is 1.19 bits per heavy atom. The molecule has 1 N–H and O–H groups in total. The van der Waals surface area contributed by atoms with Crippen molar-refractivity contribution in [3.05, 3.63) is 24.3 Å². The number of halogens is 1. The zero-order valence-corrected chi connectivity index (χ0v) is 12.6. The van der Waals surface area contributed by atoms with E-state index in [9.17, 15) is 4.79 Å². The molecular formula is C16H20ClNO3. The number of ether oxygens (including phenoxy) is 2. The highest BCUT2D eigenvalue weighted by atomic mass is 35.5. The fourth-order valence-corrected chi connectivity index (χ4v) is 3.09. The van der Waals surface area contributed by atoms with Gasteiger partial charge in [0.2, 0.25) is 6.10 Å². The molecule has 21 heavy (non-hydrogen) atoms. The van der Waals surface area contributed by atoms with Crippen LogP contribution in [0.1, 0.15) is 25.7 Å². The van der Waals surface area contributed by atoms with Gasteiger partial charge in [0.15, 0.2) is 11.5 Å². The van der Waals surface area contributed by atoms with Crippen LogP contribution >= 0.6 is 11.6 Å². The summed E-state index contributed by atoms with van der Waals surface area (Å²) < 4.78 is 11.3. The third kappa shape index (κ3) is 3.62. The van der Waals surface area contributed by atoms with Crippen molar-refractivity contribution < 1.29 is 14.3 Å². The van der Waals surface area contributed by atoms with E-state index in [1.54, 1.807) is 0 Å². The summed E-state index contributed by atoms with van der Waals surface area (Å²) in [5.74, 6) is 1.76. The van der Waals surface area contributed by atoms with Crippen LogP contribution in [0, 0.1) is 5.92 Å². The summed E-state index contributed by atoms with van der Waals surface area (Å²) in [6, 6.07) is 7.41. The van der Waals surface area contributed by atoms with E-state index in [0.29, 0.717) is 29.3 Å². The number of benzene rings is 1. The number of fused-ring (bicyclic) bond motifs is 1. The first kappa shape index (κ1) is 14.5. The average molecular weight is 310 g/mol. The molecule has 1 aromatic rings. The van der Waals surface area contributed by atoms with Crippen molar-refractivity contribution in [1.82, 2.24) is 5.32 Å². The monoisotopic (exact) mass is 309 g/mol. The van der Waals surface area contributed by atoms with Gasteiger partial charge in [0.25, 0.3) is 5.91 Å². The number of carbonyl (C=O) groups excluding carboxylic acids is 1. The molecule has 1 aromatic carbocycles. The summed E-state index contributed by atoms with van der Waals surface area (Å²) in [4.78, 5) is 12.2. The molecule has 0 radical (unpaired) electrons. The highest BCUT2D eigenvalue weighted by molar-refractivity contribution is 6.20. The lowest BCUT2D eigenvalue weighted by molar-refractivity contribution is -0.130. The van der Waals surface area contributed by atoms with Crippen LogP contribution in [0.3, 0.4) is 0 Å². The molecule has 0 aromatic heterocycles. The molecule has 1 amide bonds. The first-order valence-corrected chi connectivity index (χ1v) is 7.96. The highest BCUT2D eigenvalue weighted by Gasteiger charge is 2.28. The Morgan fingerprint density at radius 2 is 1.90 bits per heavy atom. The van der Waals surface area contributed by atoms with Crippen LogP contribution in [-0.4, -0.2) is 30.5 Å². The Bertz CT molecular complexity index is 500. The summed E-state index contributed by atoms with van der Waals surface area (Å²) in [6.45, 7) is 0.960. The number of hydrogen-bond donors (Lipinski definition) is 1. The summed E-state index contributed by atoms with van der Waals surface area (Å²) in [6.07, 6.45) is 3.68. The molecule has 1 atom stereocenters. The van der Waals surface area contributed by atoms with Crippen molar-refractivity contribution in [3.63, 3.8) is 0 Å². The van der Waals surface area contributed by atoms with Gasteiger partial charge in [0.05, 0.1) is 0 Å². The molecular weight excluding hydrogens is 290 g/mol. The number of alkyl halides is 1. The van der Waals surface area contributed by atoms with Gasteiger partial charge in [-0.3, -0.25) is 4.79 Å². The zero-order chi connectivity index (χ0) is 14.7. The molecule has 4 nitrogen and oxygen atoms in total. The number of nitrogens with one attached hydrogen (secondary N) is 1. The summed E-state index contributed by atoms with van der Waals surface area (Å²) in [7, 11) is 0. The minimum Gasteiger partial charge on any atom is -0.485 e. The SMILES string of the molecule is O=C(NCC1CCC(Cl)CC1)C1COc2ccccc2O1. The number of rotatable bonds is 3. The molecule has 5 heteroatoms. The largest absolute Gasteiger partial charge is 0.485 e. The third-order valence-electron chi connectivity index (χ3n) is 4.14. The maximum atomic E-state index is 12.2. The molecule has 1 aliphatic heterocycles. The van der Waals surface area contributed by atoms with Crippen LogP contribution in [-0.2, 0) is 4.79 Å². The second kappa shape index (κ2) is 6.56. The standard InChI is InChI=1S/C16H20ClNO3/c17-12-7-5-11(6-8-12)9-18-16(19)15-10-20-13-3-1-2-4-14(13)21-15/h1-4,11-12,15H,5-10H2,(H,18,19). The Hall–Kier alpha value is -1.42. The van der Waals surface area contributed by atoms with Crippen molar-refractivity contribution >= 4 is 17.5 Å². The van der Waals surface area contributed by atoms with Gasteiger partial charge in [-0.1, -0.05) is 12.1 Å². The Kier molecular flexibility index (Phi) is 4.54. The number of amides is 1. The molecule has 1 saturated carbocycles. The molecule has 1 aliphatic carbocycles. The van der Waals surface area contributed by atoms with Gasteiger partial charge >= 0.3 is 0 Å². The first-order chi connectivity index (χ1) is 10.2. The van der Waals surface area contributed by atoms with Gasteiger partial charge in [0, 0.05) is 11.9 Å². The minimum atomic E-state index is -0.565. The van der Waals surface area contributed by atoms with Crippen molar-refractivity contribution in [2.75, 3.05) is 13.2 Å². The number of para-hydroxylation sites is 2. The van der Waals surface area contributed by atoms with Gasteiger partial charge in [-0.25, -0.2) is 0 Å². The van der Waals surface area contributed by atoms with Gasteiger partial charge in [0.1, 0.15) is 6.61 Å². The van der Waals surface area contributed by atoms with Crippen molar-refractivity contribution in [2.45, 2.75) is 37.2 Å². The summed E-state index contributed by atoms with van der Waals surface area (Å²) >= 11 is 6.09. The predicted octanol–water partition coefficient (Wildman–Crippen LogP) is 2.74. The molecule has 2 aliphatic rings. The van der Waals surface area contributed by atoms with Crippen LogP contribution in [0.5, 0.6) is 11.5 Å². The normalized spacial score (nSPS) is 28.0. The van der Waals surface area contributed by atoms with E-state index < -0.39 is 6.10 Å². The van der Waals surface area contributed by atoms with Crippen LogP contribution < -0.4 is 14.8 Å². The Balaban J connectivity index is 1.48. The fourth-order valence-electron chi connectivity index (χ4n) is 2.83. The first-order valence-electron chi connectivity index (χ1n) is 7.52. The van der Waals surface area contributed by atoms with E-state index in [1.807, 2.05) is 24.3 Å². The molecule has 1 fully saturated rings. The van der Waals surface area contributed by atoms with Crippen LogP contribution in [0.2, 0.25) is 0 Å². The Morgan fingerprint density at radius 3 is 2.67 bits per heavy atom. The third-order valence-corrected chi connectivity index (χ3v) is 4.58. The van der Waals surface area contributed by atoms with E-state index in [2.05, 4.69) is 5.32 Å². The quantitative estimate of drug-likeness (QED) is 0.873. The second-order valence-corrected chi connectivity index (χ2v) is 6.34. The zero-order valence-electron chi connectivity index (χ0n) is 11.9. The van der Waals surface area contributed by atoms with Crippen LogP contribution in [0.15, 0.2) is 24.3 Å². The van der Waals surface area contributed by atoms with Crippen LogP contribution in [0.4, 0.5) is 0 Å². The maximum Gasteiger partial charge on any atom is 0.264 e. The Labute approximate surface area is 129 Å². The molecule has 3 rings (SSSR count). The lowest BCUT2D eigenvalue weighted by Crippen LogP contribution is -2.45.